The van der Waals surface area contributed by atoms with Crippen molar-refractivity contribution in [3.05, 3.63) is 29.3 Å². The molecule has 0 atom stereocenters. The van der Waals surface area contributed by atoms with Gasteiger partial charge < -0.3 is 15.5 Å². The third-order valence-electron chi connectivity index (χ3n) is 1.17. The van der Waals surface area contributed by atoms with Gasteiger partial charge in [-0.2, -0.15) is 0 Å². The minimum atomic E-state index is -1.41. The molecule has 0 aromatic heterocycles. The maximum absolute atomic E-state index is 8.63. The van der Waals surface area contributed by atoms with E-state index in [4.69, 9.17) is 21.6 Å². The monoisotopic (exact) mass is 174 g/mol. The Bertz CT molecular complexity index is 212. The van der Waals surface area contributed by atoms with Crippen LogP contribution in [-0.2, 0) is 0 Å². The van der Waals surface area contributed by atoms with Gasteiger partial charge in [0, 0.05) is 5.02 Å². The average Bonchev–Trinajstić information content (AvgIpc) is 1.88. The van der Waals surface area contributed by atoms with E-state index in [0.29, 0.717) is 10.5 Å². The van der Waals surface area contributed by atoms with Gasteiger partial charge in [0.2, 0.25) is 0 Å². The Labute approximate surface area is 69.7 Å². The lowest BCUT2D eigenvalue weighted by atomic mass is 9.81. The number of hydrogen-bond donors (Lipinski definition) is 2. The Hall–Kier alpha value is -0.545. The maximum atomic E-state index is 8.63. The Morgan fingerprint density at radius 3 is 1.91 bits per heavy atom. The molecule has 0 heterocycles. The molecule has 0 aliphatic rings. The first-order valence-corrected chi connectivity index (χ1v) is 3.19. The van der Waals surface area contributed by atoms with Crippen LogP contribution in [0.15, 0.2) is 24.3 Å². The first-order valence-electron chi connectivity index (χ1n) is 2.82. The van der Waals surface area contributed by atoms with E-state index >= 15 is 0 Å². The molecule has 1 aromatic rings. The van der Waals surface area contributed by atoms with Crippen LogP contribution >= 0.6 is 11.6 Å². The second-order valence-corrected chi connectivity index (χ2v) is 2.36. The van der Waals surface area contributed by atoms with Crippen LogP contribution in [0, 0.1) is 0 Å². The zero-order valence-electron chi connectivity index (χ0n) is 5.66. The van der Waals surface area contributed by atoms with Crippen LogP contribution in [0.4, 0.5) is 0 Å². The fraction of sp³-hybridized carbons (Fsp3) is 0. The molecule has 3 nitrogen and oxygen atoms in total. The van der Waals surface area contributed by atoms with E-state index in [9.17, 15) is 0 Å². The highest BCUT2D eigenvalue weighted by atomic mass is 35.5. The average molecular weight is 174 g/mol. The molecule has 0 amide bonds. The van der Waals surface area contributed by atoms with Crippen molar-refractivity contribution >= 4 is 24.2 Å². The largest absolute Gasteiger partial charge is 0.488 e. The number of rotatable bonds is 1. The van der Waals surface area contributed by atoms with Crippen molar-refractivity contribution in [1.29, 1.82) is 0 Å². The van der Waals surface area contributed by atoms with Gasteiger partial charge in [0.15, 0.2) is 0 Å². The van der Waals surface area contributed by atoms with Gasteiger partial charge in [0.25, 0.3) is 0 Å². The van der Waals surface area contributed by atoms with Crippen molar-refractivity contribution in [2.75, 3.05) is 0 Å². The molecule has 0 aliphatic heterocycles. The second-order valence-electron chi connectivity index (χ2n) is 1.93. The summed E-state index contributed by atoms with van der Waals surface area (Å²) in [5, 5.41) is 17.8. The molecule has 0 radical (unpaired) electrons. The van der Waals surface area contributed by atoms with E-state index in [1.165, 1.54) is 0 Å². The molecule has 4 N–H and O–H groups in total. The van der Waals surface area contributed by atoms with Gasteiger partial charge in [0.1, 0.15) is 0 Å². The van der Waals surface area contributed by atoms with Crippen LogP contribution in [-0.4, -0.2) is 22.6 Å². The van der Waals surface area contributed by atoms with Crippen molar-refractivity contribution < 1.29 is 15.5 Å². The summed E-state index contributed by atoms with van der Waals surface area (Å²) in [6.07, 6.45) is 0. The van der Waals surface area contributed by atoms with Gasteiger partial charge in [-0.3, -0.25) is 0 Å². The van der Waals surface area contributed by atoms with Crippen molar-refractivity contribution in [3.8, 4) is 0 Å². The Kier molecular flexibility index (Phi) is 4.14. The molecule has 1 aromatic carbocycles. The quantitative estimate of drug-likeness (QED) is 0.547. The first kappa shape index (κ1) is 10.5. The van der Waals surface area contributed by atoms with E-state index in [-0.39, 0.29) is 5.48 Å². The molecular weight excluding hydrogens is 166 g/mol. The topological polar surface area (TPSA) is 72.0 Å². The predicted octanol–water partition coefficient (Wildman–Crippen LogP) is -0.805. The van der Waals surface area contributed by atoms with E-state index in [1.54, 1.807) is 24.3 Å². The van der Waals surface area contributed by atoms with E-state index in [0.717, 1.165) is 0 Å². The smallest absolute Gasteiger partial charge is 0.423 e. The van der Waals surface area contributed by atoms with Crippen molar-refractivity contribution in [3.63, 3.8) is 0 Å². The van der Waals surface area contributed by atoms with Gasteiger partial charge >= 0.3 is 7.12 Å². The summed E-state index contributed by atoms with van der Waals surface area (Å²) >= 11 is 5.55. The fourth-order valence-electron chi connectivity index (χ4n) is 0.635. The zero-order valence-corrected chi connectivity index (χ0v) is 6.42. The fourth-order valence-corrected chi connectivity index (χ4v) is 0.761. The Morgan fingerprint density at radius 2 is 1.55 bits per heavy atom. The molecule has 1 rings (SSSR count). The Morgan fingerprint density at radius 1 is 1.09 bits per heavy atom. The summed E-state index contributed by atoms with van der Waals surface area (Å²) in [6, 6.07) is 6.34. The van der Waals surface area contributed by atoms with Gasteiger partial charge in [0.05, 0.1) is 0 Å². The van der Waals surface area contributed by atoms with Crippen molar-refractivity contribution in [1.82, 2.24) is 0 Å². The van der Waals surface area contributed by atoms with Gasteiger partial charge in [-0.05, 0) is 17.6 Å². The summed E-state index contributed by atoms with van der Waals surface area (Å²) in [5.74, 6) is 0. The maximum Gasteiger partial charge on any atom is 0.488 e. The van der Waals surface area contributed by atoms with Gasteiger partial charge in [-0.1, -0.05) is 23.7 Å². The SMILES string of the molecule is O.OB(O)c1ccc(Cl)cc1. The normalized spacial score (nSPS) is 8.64. The second kappa shape index (κ2) is 4.36. The van der Waals surface area contributed by atoms with E-state index in [2.05, 4.69) is 0 Å². The van der Waals surface area contributed by atoms with Crippen LogP contribution in [0.1, 0.15) is 0 Å². The minimum Gasteiger partial charge on any atom is -0.423 e. The third kappa shape index (κ3) is 2.90. The lowest BCUT2D eigenvalue weighted by Gasteiger charge is -1.96. The van der Waals surface area contributed by atoms with Crippen LogP contribution in [0.25, 0.3) is 0 Å². The summed E-state index contributed by atoms with van der Waals surface area (Å²) in [6.45, 7) is 0. The predicted molar refractivity (Wildman–Crippen MR) is 44.9 cm³/mol. The molecule has 0 unspecified atom stereocenters. The van der Waals surface area contributed by atoms with Gasteiger partial charge in [-0.15, -0.1) is 0 Å². The highest BCUT2D eigenvalue weighted by Gasteiger charge is 2.08. The molecule has 11 heavy (non-hydrogen) atoms. The van der Waals surface area contributed by atoms with Crippen molar-refractivity contribution in [2.45, 2.75) is 0 Å². The van der Waals surface area contributed by atoms with E-state index < -0.39 is 7.12 Å². The summed E-state index contributed by atoms with van der Waals surface area (Å²) in [5.41, 5.74) is 0.449. The van der Waals surface area contributed by atoms with Gasteiger partial charge in [-0.25, -0.2) is 0 Å². The first-order chi connectivity index (χ1) is 4.70. The lowest BCUT2D eigenvalue weighted by molar-refractivity contribution is 0.426. The van der Waals surface area contributed by atoms with Crippen LogP contribution in [0.5, 0.6) is 0 Å². The molecule has 60 valence electrons. The highest BCUT2D eigenvalue weighted by Crippen LogP contribution is 2.03. The summed E-state index contributed by atoms with van der Waals surface area (Å²) in [4.78, 5) is 0. The standard InChI is InChI=1S/C6H6BClO2.H2O/c8-6-3-1-5(2-4-6)7(9)10;/h1-4,9-10H;1H2. The van der Waals surface area contributed by atoms with E-state index in [1.807, 2.05) is 0 Å². The Balaban J connectivity index is 0.000001000. The molecule has 0 spiro atoms. The molecule has 5 heteroatoms. The molecule has 0 aliphatic carbocycles. The lowest BCUT2D eigenvalue weighted by Crippen LogP contribution is -2.29. The molecule has 0 bridgehead atoms. The van der Waals surface area contributed by atoms with Crippen LogP contribution in [0.3, 0.4) is 0 Å². The molecule has 0 saturated carbocycles. The summed E-state index contributed by atoms with van der Waals surface area (Å²) in [7, 11) is -1.41. The number of halogens is 1. The summed E-state index contributed by atoms with van der Waals surface area (Å²) < 4.78 is 0. The number of benzene rings is 1. The number of hydrogen-bond acceptors (Lipinski definition) is 2. The van der Waals surface area contributed by atoms with Crippen molar-refractivity contribution in [2.24, 2.45) is 0 Å². The minimum absolute atomic E-state index is 0. The third-order valence-corrected chi connectivity index (χ3v) is 1.42. The molecule has 0 fully saturated rings. The van der Waals surface area contributed by atoms with Crippen LogP contribution in [0.2, 0.25) is 5.02 Å². The molecule has 0 saturated heterocycles. The zero-order chi connectivity index (χ0) is 7.56. The molecular formula is C6H8BClO3. The highest BCUT2D eigenvalue weighted by molar-refractivity contribution is 6.58. The van der Waals surface area contributed by atoms with Crippen LogP contribution < -0.4 is 5.46 Å².